The maximum Gasteiger partial charge on any atom is 0.266 e. The quantitative estimate of drug-likeness (QED) is 0.641. The van der Waals surface area contributed by atoms with E-state index in [4.69, 9.17) is 0 Å². The molecule has 1 aromatic heterocycles. The number of aryl methyl sites for hydroxylation is 1. The van der Waals surface area contributed by atoms with E-state index in [9.17, 15) is 18.4 Å². The first-order valence-electron chi connectivity index (χ1n) is 10.4. The third kappa shape index (κ3) is 4.99. The molecule has 32 heavy (non-hydrogen) atoms. The second-order valence-electron chi connectivity index (χ2n) is 8.09. The van der Waals surface area contributed by atoms with Crippen molar-refractivity contribution in [2.24, 2.45) is 5.92 Å². The lowest BCUT2D eigenvalue weighted by molar-refractivity contribution is -0.130. The van der Waals surface area contributed by atoms with Crippen molar-refractivity contribution >= 4 is 17.5 Å². The highest BCUT2D eigenvalue weighted by molar-refractivity contribution is 5.97. The van der Waals surface area contributed by atoms with Gasteiger partial charge in [-0.3, -0.25) is 14.6 Å². The first kappa shape index (κ1) is 21.6. The molecule has 2 heterocycles. The number of hydrogen-bond donors (Lipinski definition) is 1. The van der Waals surface area contributed by atoms with Crippen LogP contribution in [-0.2, 0) is 4.79 Å². The van der Waals surface area contributed by atoms with Crippen LogP contribution in [-0.4, -0.2) is 40.7 Å². The highest BCUT2D eigenvalue weighted by atomic mass is 19.3. The average molecular weight is 435 g/mol. The summed E-state index contributed by atoms with van der Waals surface area (Å²) in [6.07, 6.45) is 1.05. The number of aromatic nitrogens is 1. The number of nitrogens with zero attached hydrogens (tertiary/aromatic N) is 2. The molecule has 1 unspecified atom stereocenters. The lowest BCUT2D eigenvalue weighted by atomic mass is 9.93. The number of pyridine rings is 1. The van der Waals surface area contributed by atoms with Gasteiger partial charge in [0.1, 0.15) is 0 Å². The fourth-order valence-electron chi connectivity index (χ4n) is 3.84. The topological polar surface area (TPSA) is 62.3 Å². The van der Waals surface area contributed by atoms with Crippen LogP contribution in [0.3, 0.4) is 0 Å². The van der Waals surface area contributed by atoms with Gasteiger partial charge in [0, 0.05) is 36.0 Å². The molecule has 0 saturated carbocycles. The van der Waals surface area contributed by atoms with Crippen molar-refractivity contribution in [3.05, 3.63) is 84.1 Å². The van der Waals surface area contributed by atoms with Crippen LogP contribution in [0.5, 0.6) is 0 Å². The Morgan fingerprint density at radius 2 is 1.84 bits per heavy atom. The Morgan fingerprint density at radius 1 is 1.06 bits per heavy atom. The summed E-state index contributed by atoms with van der Waals surface area (Å²) in [4.78, 5) is 31.1. The van der Waals surface area contributed by atoms with Gasteiger partial charge in [0.15, 0.2) is 0 Å². The van der Waals surface area contributed by atoms with Crippen LogP contribution in [0.25, 0.3) is 11.3 Å². The molecule has 5 nitrogen and oxygen atoms in total. The molecule has 1 fully saturated rings. The van der Waals surface area contributed by atoms with Crippen LogP contribution < -0.4 is 5.32 Å². The highest BCUT2D eigenvalue weighted by Gasteiger charge is 2.44. The number of halogens is 2. The molecule has 1 saturated heterocycles. The molecule has 1 atom stereocenters. The van der Waals surface area contributed by atoms with Gasteiger partial charge in [0.25, 0.3) is 11.8 Å². The summed E-state index contributed by atoms with van der Waals surface area (Å²) in [6, 6.07) is 19.3. The third-order valence-corrected chi connectivity index (χ3v) is 5.46. The van der Waals surface area contributed by atoms with E-state index in [2.05, 4.69) is 10.3 Å². The van der Waals surface area contributed by atoms with Gasteiger partial charge in [-0.15, -0.1) is 0 Å². The molecule has 0 spiro atoms. The fourth-order valence-corrected chi connectivity index (χ4v) is 3.84. The lowest BCUT2D eigenvalue weighted by Crippen LogP contribution is -2.52. The van der Waals surface area contributed by atoms with Crippen molar-refractivity contribution in [1.29, 1.82) is 0 Å². The number of nitrogens with one attached hydrogen (secondary N) is 1. The summed E-state index contributed by atoms with van der Waals surface area (Å²) in [6.45, 7) is 1.13. The second-order valence-corrected chi connectivity index (χ2v) is 8.09. The number of amides is 2. The van der Waals surface area contributed by atoms with Crippen molar-refractivity contribution in [3.63, 3.8) is 0 Å². The molecule has 4 rings (SSSR count). The standard InChI is InChI=1S/C25H23F2N3O2/c1-17-8-10-21(11-9-17)29-23(31)20-14-25(26,27)16-30(15-20)24(32)19-6-4-5-18(13-19)22-7-2-3-12-28-22/h2-13,20H,14-16H2,1H3,(H,29,31). The number of rotatable bonds is 4. The molecule has 0 radical (unpaired) electrons. The minimum Gasteiger partial charge on any atom is -0.332 e. The predicted molar refractivity (Wildman–Crippen MR) is 118 cm³/mol. The molecule has 164 valence electrons. The summed E-state index contributed by atoms with van der Waals surface area (Å²) in [5, 5.41) is 2.69. The summed E-state index contributed by atoms with van der Waals surface area (Å²) >= 11 is 0. The largest absolute Gasteiger partial charge is 0.332 e. The van der Waals surface area contributed by atoms with Gasteiger partial charge in [0.05, 0.1) is 18.2 Å². The van der Waals surface area contributed by atoms with E-state index in [1.54, 1.807) is 42.6 Å². The van der Waals surface area contributed by atoms with E-state index >= 15 is 0 Å². The van der Waals surface area contributed by atoms with Crippen molar-refractivity contribution in [2.75, 3.05) is 18.4 Å². The van der Waals surface area contributed by atoms with Gasteiger partial charge < -0.3 is 10.2 Å². The summed E-state index contributed by atoms with van der Waals surface area (Å²) in [7, 11) is 0. The molecule has 1 aliphatic rings. The van der Waals surface area contributed by atoms with Gasteiger partial charge in [-0.25, -0.2) is 8.78 Å². The van der Waals surface area contributed by atoms with E-state index in [-0.39, 0.29) is 12.1 Å². The van der Waals surface area contributed by atoms with E-state index in [0.29, 0.717) is 16.9 Å². The van der Waals surface area contributed by atoms with Crippen molar-refractivity contribution in [3.8, 4) is 11.3 Å². The Balaban J connectivity index is 1.52. The Hall–Kier alpha value is -3.61. The predicted octanol–water partition coefficient (Wildman–Crippen LogP) is 4.79. The van der Waals surface area contributed by atoms with Gasteiger partial charge in [-0.2, -0.15) is 0 Å². The fraction of sp³-hybridized carbons (Fsp3) is 0.240. The molecule has 0 bridgehead atoms. The molecule has 7 heteroatoms. The zero-order valence-corrected chi connectivity index (χ0v) is 17.6. The lowest BCUT2D eigenvalue weighted by Gasteiger charge is -2.37. The maximum atomic E-state index is 14.5. The minimum absolute atomic E-state index is 0.0695. The number of hydrogen-bond acceptors (Lipinski definition) is 3. The Kier molecular flexibility index (Phi) is 5.99. The van der Waals surface area contributed by atoms with Crippen LogP contribution in [0.15, 0.2) is 72.9 Å². The van der Waals surface area contributed by atoms with Gasteiger partial charge in [-0.05, 0) is 43.3 Å². The molecule has 3 aromatic rings. The number of carbonyl (C=O) groups excluding carboxylic acids is 2. The normalized spacial score (nSPS) is 17.6. The smallest absolute Gasteiger partial charge is 0.266 e. The number of carbonyl (C=O) groups is 2. The van der Waals surface area contributed by atoms with E-state index in [0.717, 1.165) is 10.5 Å². The highest BCUT2D eigenvalue weighted by Crippen LogP contribution is 2.32. The second kappa shape index (κ2) is 8.86. The molecule has 0 aliphatic carbocycles. The van der Waals surface area contributed by atoms with Crippen molar-refractivity contribution in [2.45, 2.75) is 19.3 Å². The third-order valence-electron chi connectivity index (χ3n) is 5.46. The van der Waals surface area contributed by atoms with Crippen LogP contribution in [0, 0.1) is 12.8 Å². The first-order chi connectivity index (χ1) is 15.3. The zero-order chi connectivity index (χ0) is 22.7. The minimum atomic E-state index is -3.15. The number of benzene rings is 2. The number of alkyl halides is 2. The Labute approximate surface area is 185 Å². The SMILES string of the molecule is Cc1ccc(NC(=O)C2CN(C(=O)c3cccc(-c4ccccn4)c3)CC(F)(F)C2)cc1. The molecule has 1 N–H and O–H groups in total. The van der Waals surface area contributed by atoms with Crippen LogP contribution >= 0.6 is 0 Å². The monoisotopic (exact) mass is 435 g/mol. The number of piperidine rings is 1. The van der Waals surface area contributed by atoms with Crippen LogP contribution in [0.1, 0.15) is 22.3 Å². The first-order valence-corrected chi connectivity index (χ1v) is 10.4. The van der Waals surface area contributed by atoms with Crippen LogP contribution in [0.4, 0.5) is 14.5 Å². The molecular weight excluding hydrogens is 412 g/mol. The van der Waals surface area contributed by atoms with Crippen molar-refractivity contribution < 1.29 is 18.4 Å². The summed E-state index contributed by atoms with van der Waals surface area (Å²) in [5.41, 5.74) is 3.24. The number of likely N-dealkylation sites (tertiary alicyclic amines) is 1. The Bertz CT molecular complexity index is 1120. The van der Waals surface area contributed by atoms with Crippen molar-refractivity contribution in [1.82, 2.24) is 9.88 Å². The summed E-state index contributed by atoms with van der Waals surface area (Å²) in [5.74, 6) is -5.21. The van der Waals surface area contributed by atoms with Gasteiger partial charge >= 0.3 is 0 Å². The van der Waals surface area contributed by atoms with Gasteiger partial charge in [-0.1, -0.05) is 35.9 Å². The zero-order valence-electron chi connectivity index (χ0n) is 17.6. The van der Waals surface area contributed by atoms with Gasteiger partial charge in [0.2, 0.25) is 5.91 Å². The average Bonchev–Trinajstić information content (AvgIpc) is 2.79. The van der Waals surface area contributed by atoms with E-state index in [1.807, 2.05) is 37.3 Å². The van der Waals surface area contributed by atoms with E-state index in [1.165, 1.54) is 0 Å². The number of anilines is 1. The molecule has 2 aromatic carbocycles. The summed E-state index contributed by atoms with van der Waals surface area (Å²) < 4.78 is 29.0. The van der Waals surface area contributed by atoms with Crippen LogP contribution in [0.2, 0.25) is 0 Å². The molecular formula is C25H23F2N3O2. The molecule has 1 aliphatic heterocycles. The Morgan fingerprint density at radius 3 is 2.56 bits per heavy atom. The maximum absolute atomic E-state index is 14.5. The molecule has 2 amide bonds. The van der Waals surface area contributed by atoms with E-state index < -0.39 is 36.6 Å².